The third-order valence-electron chi connectivity index (χ3n) is 9.93. The number of para-hydroxylation sites is 1. The highest BCUT2D eigenvalue weighted by molar-refractivity contribution is 7.89. The van der Waals surface area contributed by atoms with Gasteiger partial charge in [-0.15, -0.1) is 5.10 Å². The molecule has 6 rings (SSSR count). The van der Waals surface area contributed by atoms with Gasteiger partial charge in [0.1, 0.15) is 28.0 Å². The van der Waals surface area contributed by atoms with Crippen LogP contribution < -0.4 is 4.74 Å². The van der Waals surface area contributed by atoms with Crippen molar-refractivity contribution in [2.75, 3.05) is 6.54 Å². The molecule has 0 bridgehead atoms. The number of ether oxygens (including phenoxy) is 1. The van der Waals surface area contributed by atoms with Crippen LogP contribution in [0, 0.1) is 19.3 Å². The van der Waals surface area contributed by atoms with Gasteiger partial charge in [-0.25, -0.2) is 13.1 Å². The number of fused-ring (bicyclic) bond motifs is 2. The second kappa shape index (κ2) is 13.8. The molecular weight excluding hydrogens is 635 g/mol. The Kier molecular flexibility index (Phi) is 9.73. The Labute approximate surface area is 289 Å². The minimum Gasteiger partial charge on any atom is -0.488 e. The number of carbonyl (C=O) groups excluding carboxylic acids is 1. The summed E-state index contributed by atoms with van der Waals surface area (Å²) in [7, 11) is -3.84. The van der Waals surface area contributed by atoms with Crippen molar-refractivity contribution in [2.24, 2.45) is 5.41 Å². The van der Waals surface area contributed by atoms with Gasteiger partial charge in [-0.2, -0.15) is 4.31 Å². The summed E-state index contributed by atoms with van der Waals surface area (Å²) in [5.41, 5.74) is 6.54. The van der Waals surface area contributed by atoms with E-state index in [1.807, 2.05) is 50.6 Å². The molecule has 0 spiro atoms. The van der Waals surface area contributed by atoms with Crippen molar-refractivity contribution in [3.8, 4) is 5.75 Å². The smallest absolute Gasteiger partial charge is 0.247 e. The molecule has 49 heavy (non-hydrogen) atoms. The lowest BCUT2D eigenvalue weighted by molar-refractivity contribution is -0.127. The highest BCUT2D eigenvalue weighted by atomic mass is 32.2. The minimum absolute atomic E-state index is 0.0800. The summed E-state index contributed by atoms with van der Waals surface area (Å²) in [4.78, 5) is 18.7. The Bertz CT molecular complexity index is 2090. The molecule has 0 radical (unpaired) electrons. The molecule has 1 aliphatic heterocycles. The van der Waals surface area contributed by atoms with Crippen LogP contribution in [0.15, 0.2) is 84.0 Å². The molecule has 3 aromatic carbocycles. The third kappa shape index (κ3) is 6.64. The average molecular weight is 680 g/mol. The molecule has 2 aromatic heterocycles. The molecular formula is C39H45N5O4S. The molecule has 2 atom stereocenters. The lowest BCUT2D eigenvalue weighted by Gasteiger charge is -2.35. The highest BCUT2D eigenvalue weighted by Gasteiger charge is 2.40. The zero-order chi connectivity index (χ0) is 34.9. The van der Waals surface area contributed by atoms with Gasteiger partial charge in [-0.05, 0) is 84.3 Å². The number of ketones is 1. The van der Waals surface area contributed by atoms with Crippen molar-refractivity contribution in [1.29, 1.82) is 0 Å². The molecule has 0 N–H and O–H groups in total. The van der Waals surface area contributed by atoms with Crippen LogP contribution in [0.25, 0.3) is 11.0 Å². The lowest BCUT2D eigenvalue weighted by Crippen LogP contribution is -2.37. The molecule has 10 heteroatoms. The topological polar surface area (TPSA) is 107 Å². The molecule has 0 saturated carbocycles. The van der Waals surface area contributed by atoms with E-state index in [4.69, 9.17) is 4.74 Å². The Morgan fingerprint density at radius 3 is 2.57 bits per heavy atom. The molecule has 0 amide bonds. The Morgan fingerprint density at radius 1 is 1.04 bits per heavy atom. The van der Waals surface area contributed by atoms with E-state index in [1.54, 1.807) is 36.7 Å². The molecule has 9 nitrogen and oxygen atoms in total. The number of benzene rings is 3. The van der Waals surface area contributed by atoms with E-state index in [2.05, 4.69) is 53.4 Å². The molecule has 3 heterocycles. The number of rotatable bonds is 11. The number of pyridine rings is 1. The predicted molar refractivity (Wildman–Crippen MR) is 191 cm³/mol. The van der Waals surface area contributed by atoms with Crippen LogP contribution in [0.3, 0.4) is 0 Å². The average Bonchev–Trinajstić information content (AvgIpc) is 3.46. The molecule has 5 aromatic rings. The number of carbonyl (C=O) groups is 1. The second-order valence-corrected chi connectivity index (χ2v) is 15.6. The number of aryl methyl sites for hydroxylation is 3. The fraction of sp³-hybridized carbons (Fsp3) is 0.385. The van der Waals surface area contributed by atoms with Gasteiger partial charge in [-0.3, -0.25) is 9.78 Å². The van der Waals surface area contributed by atoms with Crippen molar-refractivity contribution in [2.45, 2.75) is 90.8 Å². The number of Topliss-reactive ketones (excluding diaryl/α,β-unsaturated/α-hetero) is 1. The van der Waals surface area contributed by atoms with Crippen LogP contribution in [0.4, 0.5) is 0 Å². The Hall–Kier alpha value is -4.41. The normalized spacial score (nSPS) is 16.9. The van der Waals surface area contributed by atoms with Gasteiger partial charge in [0.2, 0.25) is 10.0 Å². The van der Waals surface area contributed by atoms with E-state index in [1.165, 1.54) is 4.31 Å². The zero-order valence-corrected chi connectivity index (χ0v) is 30.0. The second-order valence-electron chi connectivity index (χ2n) is 13.7. The first kappa shape index (κ1) is 34.5. The number of nitrogens with zero attached hydrogens (tertiary/aromatic N) is 5. The fourth-order valence-corrected chi connectivity index (χ4v) is 8.54. The summed E-state index contributed by atoms with van der Waals surface area (Å²) >= 11 is 0. The van der Waals surface area contributed by atoms with E-state index in [0.717, 1.165) is 57.4 Å². The van der Waals surface area contributed by atoms with E-state index in [0.29, 0.717) is 12.2 Å². The number of hydrogen-bond donors (Lipinski definition) is 0. The third-order valence-corrected chi connectivity index (χ3v) is 11.8. The first-order valence-corrected chi connectivity index (χ1v) is 18.5. The quantitative estimate of drug-likeness (QED) is 0.146. The van der Waals surface area contributed by atoms with E-state index in [9.17, 15) is 13.2 Å². The van der Waals surface area contributed by atoms with Gasteiger partial charge >= 0.3 is 0 Å². The molecule has 256 valence electrons. The van der Waals surface area contributed by atoms with Gasteiger partial charge < -0.3 is 4.74 Å². The van der Waals surface area contributed by atoms with Gasteiger partial charge in [0.25, 0.3) is 0 Å². The predicted octanol–water partition coefficient (Wildman–Crippen LogP) is 7.18. The maximum absolute atomic E-state index is 14.3. The molecule has 1 aliphatic rings. The van der Waals surface area contributed by atoms with Crippen molar-refractivity contribution >= 4 is 26.8 Å². The van der Waals surface area contributed by atoms with Crippen LogP contribution in [0.2, 0.25) is 0 Å². The van der Waals surface area contributed by atoms with Gasteiger partial charge in [0.05, 0.1) is 12.1 Å². The van der Waals surface area contributed by atoms with Gasteiger partial charge in [0, 0.05) is 43.2 Å². The van der Waals surface area contributed by atoms with Gasteiger partial charge in [-0.1, -0.05) is 75.4 Å². The molecule has 0 unspecified atom stereocenters. The van der Waals surface area contributed by atoms with Crippen LogP contribution in [0.1, 0.15) is 79.8 Å². The maximum Gasteiger partial charge on any atom is 0.247 e. The first-order chi connectivity index (χ1) is 23.4. The van der Waals surface area contributed by atoms with Crippen molar-refractivity contribution in [3.05, 3.63) is 113 Å². The number of sulfonamides is 1. The largest absolute Gasteiger partial charge is 0.488 e. The van der Waals surface area contributed by atoms with Crippen LogP contribution in [0.5, 0.6) is 5.75 Å². The van der Waals surface area contributed by atoms with E-state index in [-0.39, 0.29) is 42.2 Å². The SMILES string of the molecule is CCCn1nnc2c(C)c([C@H](c3ccc(C)c(CN4C[C@@H](CC)Oc5ccccc5S4(=O)=O)c3)C(C)(C)C(=O)Cc3cccnc3)ccc21. The summed E-state index contributed by atoms with van der Waals surface area (Å²) in [5, 5.41) is 9.00. The number of hydrogen-bond acceptors (Lipinski definition) is 7. The molecule has 0 saturated heterocycles. The molecule has 0 fully saturated rings. The Balaban J connectivity index is 1.46. The maximum atomic E-state index is 14.3. The molecule has 0 aliphatic carbocycles. The van der Waals surface area contributed by atoms with Crippen molar-refractivity contribution < 1.29 is 17.9 Å². The summed E-state index contributed by atoms with van der Waals surface area (Å²) in [6.07, 6.45) is 5.01. The number of aromatic nitrogens is 4. The van der Waals surface area contributed by atoms with Crippen LogP contribution in [-0.4, -0.2) is 51.1 Å². The lowest BCUT2D eigenvalue weighted by atomic mass is 9.66. The summed E-state index contributed by atoms with van der Waals surface area (Å²) < 4.78 is 37.8. The fourth-order valence-electron chi connectivity index (χ4n) is 6.97. The Morgan fingerprint density at radius 2 is 1.84 bits per heavy atom. The van der Waals surface area contributed by atoms with Crippen molar-refractivity contribution in [1.82, 2.24) is 24.3 Å². The van der Waals surface area contributed by atoms with Crippen LogP contribution in [-0.2, 0) is 34.3 Å². The van der Waals surface area contributed by atoms with E-state index >= 15 is 0 Å². The summed E-state index contributed by atoms with van der Waals surface area (Å²) in [6, 6.07) is 21.0. The summed E-state index contributed by atoms with van der Waals surface area (Å²) in [6.45, 7) is 13.4. The standard InChI is InChI=1S/C39H45N5O4S/c1-7-20-44-33-18-17-32(27(4)38(33)41-42-44)37(39(5,6)36(45)21-28-12-11-19-40-23-28)29-16-15-26(3)30(22-29)24-43-25-31(8-2)48-34-13-9-10-14-35(34)49(43,46)47/h9-19,22-23,31,37H,7-8,20-21,24-25H2,1-6H3/t31-,37+/m1/s1. The van der Waals surface area contributed by atoms with E-state index < -0.39 is 15.4 Å². The first-order valence-electron chi connectivity index (χ1n) is 17.1. The summed E-state index contributed by atoms with van der Waals surface area (Å²) in [5.74, 6) is 0.110. The highest BCUT2D eigenvalue weighted by Crippen LogP contribution is 2.45. The minimum atomic E-state index is -3.84. The van der Waals surface area contributed by atoms with Crippen molar-refractivity contribution in [3.63, 3.8) is 0 Å². The zero-order valence-electron chi connectivity index (χ0n) is 29.2. The monoisotopic (exact) mass is 679 g/mol. The van der Waals surface area contributed by atoms with Gasteiger partial charge in [0.15, 0.2) is 0 Å². The van der Waals surface area contributed by atoms with Crippen LogP contribution >= 0.6 is 0 Å².